The van der Waals surface area contributed by atoms with Crippen LogP contribution in [0.15, 0.2) is 30.6 Å². The standard InChI is InChI=1S/C13H16N4O/c1-2-5-16-13(18)17-9-10-3-4-11-12(8-10)15-7-6-14-11/h3-4,6-8H,2,5,9H2,1H3,(H2,16,17,18). The summed E-state index contributed by atoms with van der Waals surface area (Å²) in [6, 6.07) is 5.64. The van der Waals surface area contributed by atoms with Gasteiger partial charge in [0.15, 0.2) is 0 Å². The molecule has 0 atom stereocenters. The summed E-state index contributed by atoms with van der Waals surface area (Å²) >= 11 is 0. The lowest BCUT2D eigenvalue weighted by atomic mass is 10.2. The SMILES string of the molecule is CCCNC(=O)NCc1ccc2nccnc2c1. The second-order valence-electron chi connectivity index (χ2n) is 3.99. The van der Waals surface area contributed by atoms with Crippen molar-refractivity contribution in [2.75, 3.05) is 6.54 Å². The van der Waals surface area contributed by atoms with Crippen LogP contribution < -0.4 is 10.6 Å². The fourth-order valence-corrected chi connectivity index (χ4v) is 1.60. The Bertz CT molecular complexity index is 541. The molecular weight excluding hydrogens is 228 g/mol. The van der Waals surface area contributed by atoms with Crippen LogP contribution in [0.25, 0.3) is 11.0 Å². The van der Waals surface area contributed by atoms with E-state index in [2.05, 4.69) is 20.6 Å². The predicted octanol–water partition coefficient (Wildman–Crippen LogP) is 1.84. The maximum Gasteiger partial charge on any atom is 0.315 e. The number of fused-ring (bicyclic) bond motifs is 1. The summed E-state index contributed by atoms with van der Waals surface area (Å²) in [4.78, 5) is 19.8. The molecule has 2 N–H and O–H groups in total. The highest BCUT2D eigenvalue weighted by molar-refractivity contribution is 5.75. The molecule has 1 aromatic heterocycles. The number of carbonyl (C=O) groups excluding carboxylic acids is 1. The molecule has 0 fully saturated rings. The average molecular weight is 244 g/mol. The minimum Gasteiger partial charge on any atom is -0.338 e. The van der Waals surface area contributed by atoms with E-state index < -0.39 is 0 Å². The van der Waals surface area contributed by atoms with E-state index in [-0.39, 0.29) is 6.03 Å². The second kappa shape index (κ2) is 5.95. The zero-order valence-corrected chi connectivity index (χ0v) is 10.3. The van der Waals surface area contributed by atoms with Crippen molar-refractivity contribution >= 4 is 17.1 Å². The summed E-state index contributed by atoms with van der Waals surface area (Å²) < 4.78 is 0. The number of nitrogens with one attached hydrogen (secondary N) is 2. The number of nitrogens with zero attached hydrogens (tertiary/aromatic N) is 2. The van der Waals surface area contributed by atoms with Crippen molar-refractivity contribution in [1.82, 2.24) is 20.6 Å². The first-order valence-electron chi connectivity index (χ1n) is 6.01. The summed E-state index contributed by atoms with van der Waals surface area (Å²) in [6.45, 7) is 3.19. The van der Waals surface area contributed by atoms with Gasteiger partial charge in [0.05, 0.1) is 11.0 Å². The smallest absolute Gasteiger partial charge is 0.315 e. The lowest BCUT2D eigenvalue weighted by Crippen LogP contribution is -2.35. The first-order valence-corrected chi connectivity index (χ1v) is 6.01. The number of urea groups is 1. The van der Waals surface area contributed by atoms with Crippen LogP contribution in [0.4, 0.5) is 4.79 Å². The first kappa shape index (κ1) is 12.3. The van der Waals surface area contributed by atoms with Crippen LogP contribution in [-0.2, 0) is 6.54 Å². The lowest BCUT2D eigenvalue weighted by molar-refractivity contribution is 0.240. The van der Waals surface area contributed by atoms with Crippen LogP contribution in [0.1, 0.15) is 18.9 Å². The molecule has 2 amide bonds. The van der Waals surface area contributed by atoms with Gasteiger partial charge in [-0.15, -0.1) is 0 Å². The molecular formula is C13H16N4O. The molecule has 0 bridgehead atoms. The van der Waals surface area contributed by atoms with Gasteiger partial charge < -0.3 is 10.6 Å². The quantitative estimate of drug-likeness (QED) is 0.862. The minimum absolute atomic E-state index is 0.143. The van der Waals surface area contributed by atoms with E-state index in [4.69, 9.17) is 0 Å². The van der Waals surface area contributed by atoms with Gasteiger partial charge in [-0.25, -0.2) is 4.79 Å². The van der Waals surface area contributed by atoms with Crippen LogP contribution in [0.5, 0.6) is 0 Å². The number of benzene rings is 1. The third kappa shape index (κ3) is 3.16. The van der Waals surface area contributed by atoms with E-state index in [0.29, 0.717) is 13.1 Å². The second-order valence-corrected chi connectivity index (χ2v) is 3.99. The van der Waals surface area contributed by atoms with Crippen molar-refractivity contribution in [2.24, 2.45) is 0 Å². The Morgan fingerprint density at radius 2 is 1.94 bits per heavy atom. The van der Waals surface area contributed by atoms with Crippen molar-refractivity contribution in [3.63, 3.8) is 0 Å². The molecule has 18 heavy (non-hydrogen) atoms. The molecule has 1 heterocycles. The van der Waals surface area contributed by atoms with E-state index in [1.807, 2.05) is 25.1 Å². The number of aromatic nitrogens is 2. The molecule has 0 spiro atoms. The predicted molar refractivity (Wildman–Crippen MR) is 70.1 cm³/mol. The summed E-state index contributed by atoms with van der Waals surface area (Å²) in [6.07, 6.45) is 4.25. The number of amides is 2. The average Bonchev–Trinajstić information content (AvgIpc) is 2.42. The van der Waals surface area contributed by atoms with E-state index in [1.165, 1.54) is 0 Å². The molecule has 5 heteroatoms. The van der Waals surface area contributed by atoms with Crippen LogP contribution in [0.3, 0.4) is 0 Å². The first-order chi connectivity index (χ1) is 8.79. The van der Waals surface area contributed by atoms with E-state index in [9.17, 15) is 4.79 Å². The Hall–Kier alpha value is -2.17. The van der Waals surface area contributed by atoms with Crippen LogP contribution >= 0.6 is 0 Å². The Balaban J connectivity index is 1.97. The van der Waals surface area contributed by atoms with Crippen LogP contribution in [0, 0.1) is 0 Å². The molecule has 94 valence electrons. The number of rotatable bonds is 4. The zero-order chi connectivity index (χ0) is 12.8. The highest BCUT2D eigenvalue weighted by atomic mass is 16.2. The minimum atomic E-state index is -0.143. The summed E-state index contributed by atoms with van der Waals surface area (Å²) in [5.41, 5.74) is 2.71. The van der Waals surface area contributed by atoms with Crippen molar-refractivity contribution in [1.29, 1.82) is 0 Å². The Morgan fingerprint density at radius 1 is 1.17 bits per heavy atom. The van der Waals surface area contributed by atoms with Gasteiger partial charge >= 0.3 is 6.03 Å². The Kier molecular flexibility index (Phi) is 4.06. The van der Waals surface area contributed by atoms with Gasteiger partial charge in [0.1, 0.15) is 0 Å². The maximum atomic E-state index is 11.4. The molecule has 0 unspecified atom stereocenters. The maximum absolute atomic E-state index is 11.4. The Labute approximate surface area is 106 Å². The van der Waals surface area contributed by atoms with Crippen molar-refractivity contribution in [3.8, 4) is 0 Å². The van der Waals surface area contributed by atoms with Crippen molar-refractivity contribution in [2.45, 2.75) is 19.9 Å². The van der Waals surface area contributed by atoms with Crippen molar-refractivity contribution < 1.29 is 4.79 Å². The molecule has 0 radical (unpaired) electrons. The highest BCUT2D eigenvalue weighted by Gasteiger charge is 2.01. The summed E-state index contributed by atoms with van der Waals surface area (Å²) in [7, 11) is 0. The molecule has 0 aliphatic carbocycles. The Morgan fingerprint density at radius 3 is 2.72 bits per heavy atom. The van der Waals surface area contributed by atoms with Gasteiger partial charge in [-0.1, -0.05) is 13.0 Å². The summed E-state index contributed by atoms with van der Waals surface area (Å²) in [5.74, 6) is 0. The van der Waals surface area contributed by atoms with Crippen LogP contribution in [-0.4, -0.2) is 22.5 Å². The molecule has 1 aromatic carbocycles. The monoisotopic (exact) mass is 244 g/mol. The van der Waals surface area contributed by atoms with Gasteiger partial charge in [-0.3, -0.25) is 9.97 Å². The third-order valence-electron chi connectivity index (χ3n) is 2.52. The largest absolute Gasteiger partial charge is 0.338 e. The fraction of sp³-hybridized carbons (Fsp3) is 0.308. The number of hydrogen-bond acceptors (Lipinski definition) is 3. The van der Waals surface area contributed by atoms with E-state index in [1.54, 1.807) is 12.4 Å². The molecule has 0 saturated heterocycles. The topological polar surface area (TPSA) is 66.9 Å². The molecule has 0 saturated carbocycles. The summed E-state index contributed by atoms with van der Waals surface area (Å²) in [5, 5.41) is 5.56. The van der Waals surface area contributed by atoms with Crippen LogP contribution in [0.2, 0.25) is 0 Å². The van der Waals surface area contributed by atoms with Gasteiger partial charge in [0.25, 0.3) is 0 Å². The lowest BCUT2D eigenvalue weighted by Gasteiger charge is -2.07. The molecule has 2 aromatic rings. The van der Waals surface area contributed by atoms with Gasteiger partial charge in [-0.05, 0) is 24.1 Å². The molecule has 2 rings (SSSR count). The van der Waals surface area contributed by atoms with E-state index in [0.717, 1.165) is 23.0 Å². The zero-order valence-electron chi connectivity index (χ0n) is 10.3. The third-order valence-corrected chi connectivity index (χ3v) is 2.52. The molecule has 5 nitrogen and oxygen atoms in total. The number of hydrogen-bond donors (Lipinski definition) is 2. The van der Waals surface area contributed by atoms with Crippen molar-refractivity contribution in [3.05, 3.63) is 36.2 Å². The van der Waals surface area contributed by atoms with Gasteiger partial charge in [0, 0.05) is 25.5 Å². The fourth-order valence-electron chi connectivity index (χ4n) is 1.60. The normalized spacial score (nSPS) is 10.3. The van der Waals surface area contributed by atoms with Gasteiger partial charge in [0.2, 0.25) is 0 Å². The van der Waals surface area contributed by atoms with Gasteiger partial charge in [-0.2, -0.15) is 0 Å². The molecule has 0 aliphatic rings. The highest BCUT2D eigenvalue weighted by Crippen LogP contribution is 2.10. The molecule has 0 aliphatic heterocycles. The number of carbonyl (C=O) groups is 1. The van der Waals surface area contributed by atoms with E-state index >= 15 is 0 Å².